The van der Waals surface area contributed by atoms with E-state index in [1.54, 1.807) is 19.2 Å². The zero-order valence-electron chi connectivity index (χ0n) is 16.7. The first-order valence-electron chi connectivity index (χ1n) is 10.2. The molecule has 1 unspecified atom stereocenters. The molecule has 2 aromatic rings. The number of nitrogens with zero attached hydrogens (tertiary/aromatic N) is 3. The molecule has 152 valence electrons. The minimum atomic E-state index is -0.408. The standard InChI is InChI=1S/C21H29N3O4/c1-3-4-5-6-9-18(23-14-7-8-15-23)20-22-19(21(27-2)28-20)16-10-12-17(13-11-16)24(25)26/h10-13,18H,3-9,14-15H2,1-2H3. The van der Waals surface area contributed by atoms with E-state index >= 15 is 0 Å². The maximum atomic E-state index is 10.9. The van der Waals surface area contributed by atoms with Crippen molar-refractivity contribution < 1.29 is 14.1 Å². The predicted molar refractivity (Wildman–Crippen MR) is 107 cm³/mol. The summed E-state index contributed by atoms with van der Waals surface area (Å²) in [7, 11) is 1.56. The number of nitro benzene ring substituents is 1. The molecule has 0 radical (unpaired) electrons. The summed E-state index contributed by atoms with van der Waals surface area (Å²) in [5, 5.41) is 10.9. The smallest absolute Gasteiger partial charge is 0.313 e. The molecular formula is C21H29N3O4. The predicted octanol–water partition coefficient (Wildman–Crippen LogP) is 5.37. The average molecular weight is 387 g/mol. The van der Waals surface area contributed by atoms with E-state index in [1.807, 2.05) is 0 Å². The normalized spacial score (nSPS) is 15.6. The van der Waals surface area contributed by atoms with Crippen LogP contribution < -0.4 is 4.74 Å². The highest BCUT2D eigenvalue weighted by molar-refractivity contribution is 5.65. The highest BCUT2D eigenvalue weighted by Crippen LogP contribution is 2.37. The van der Waals surface area contributed by atoms with Gasteiger partial charge in [0, 0.05) is 17.7 Å². The lowest BCUT2D eigenvalue weighted by atomic mass is 10.1. The molecule has 1 aromatic carbocycles. The fourth-order valence-corrected chi connectivity index (χ4v) is 3.81. The number of benzene rings is 1. The summed E-state index contributed by atoms with van der Waals surface area (Å²) in [5.74, 6) is 1.05. The van der Waals surface area contributed by atoms with Crippen molar-refractivity contribution in [3.8, 4) is 17.2 Å². The Labute approximate surface area is 165 Å². The van der Waals surface area contributed by atoms with Crippen molar-refractivity contribution in [3.05, 3.63) is 40.3 Å². The number of nitro groups is 1. The quantitative estimate of drug-likeness (QED) is 0.310. The largest absolute Gasteiger partial charge is 0.467 e. The Kier molecular flexibility index (Phi) is 7.03. The van der Waals surface area contributed by atoms with Gasteiger partial charge in [0.15, 0.2) is 5.69 Å². The van der Waals surface area contributed by atoms with Crippen LogP contribution in [-0.2, 0) is 0 Å². The molecule has 1 atom stereocenters. The monoisotopic (exact) mass is 387 g/mol. The highest BCUT2D eigenvalue weighted by atomic mass is 16.6. The third-order valence-corrected chi connectivity index (χ3v) is 5.35. The van der Waals surface area contributed by atoms with Gasteiger partial charge in [-0.15, -0.1) is 0 Å². The van der Waals surface area contributed by atoms with Crippen LogP contribution in [0.1, 0.15) is 63.8 Å². The van der Waals surface area contributed by atoms with Gasteiger partial charge in [-0.3, -0.25) is 15.0 Å². The van der Waals surface area contributed by atoms with E-state index in [1.165, 1.54) is 44.2 Å². The molecule has 0 saturated carbocycles. The number of unbranched alkanes of at least 4 members (excludes halogenated alkanes) is 3. The van der Waals surface area contributed by atoms with Crippen LogP contribution in [0.5, 0.6) is 5.95 Å². The Balaban J connectivity index is 1.85. The van der Waals surface area contributed by atoms with Crippen molar-refractivity contribution in [3.63, 3.8) is 0 Å². The molecule has 1 fully saturated rings. The molecule has 2 heterocycles. The van der Waals surface area contributed by atoms with Gasteiger partial charge >= 0.3 is 5.95 Å². The Morgan fingerprint density at radius 3 is 2.54 bits per heavy atom. The number of methoxy groups -OCH3 is 1. The first-order chi connectivity index (χ1) is 13.6. The average Bonchev–Trinajstić information content (AvgIpc) is 3.38. The zero-order chi connectivity index (χ0) is 19.9. The maximum absolute atomic E-state index is 10.9. The fraction of sp³-hybridized carbons (Fsp3) is 0.571. The van der Waals surface area contributed by atoms with Gasteiger partial charge in [0.05, 0.1) is 18.1 Å². The molecule has 0 N–H and O–H groups in total. The molecule has 0 amide bonds. The van der Waals surface area contributed by atoms with Crippen molar-refractivity contribution in [2.24, 2.45) is 0 Å². The van der Waals surface area contributed by atoms with Crippen molar-refractivity contribution in [2.45, 2.75) is 57.9 Å². The van der Waals surface area contributed by atoms with Crippen molar-refractivity contribution >= 4 is 5.69 Å². The fourth-order valence-electron chi connectivity index (χ4n) is 3.81. The highest BCUT2D eigenvalue weighted by Gasteiger charge is 2.29. The Bertz CT molecular complexity index is 766. The van der Waals surface area contributed by atoms with Crippen LogP contribution in [0.2, 0.25) is 0 Å². The number of rotatable bonds is 10. The second-order valence-corrected chi connectivity index (χ2v) is 7.30. The van der Waals surface area contributed by atoms with Crippen LogP contribution in [-0.4, -0.2) is 35.0 Å². The van der Waals surface area contributed by atoms with E-state index in [2.05, 4.69) is 11.8 Å². The van der Waals surface area contributed by atoms with Crippen molar-refractivity contribution in [2.75, 3.05) is 20.2 Å². The third kappa shape index (κ3) is 4.70. The van der Waals surface area contributed by atoms with Gasteiger partial charge in [0.25, 0.3) is 5.69 Å². The summed E-state index contributed by atoms with van der Waals surface area (Å²) in [5.41, 5.74) is 1.41. The number of aromatic nitrogens is 1. The number of likely N-dealkylation sites (tertiary alicyclic amines) is 1. The Hall–Kier alpha value is -2.41. The number of hydrogen-bond donors (Lipinski definition) is 0. The molecule has 1 saturated heterocycles. The Morgan fingerprint density at radius 2 is 1.93 bits per heavy atom. The Morgan fingerprint density at radius 1 is 1.21 bits per heavy atom. The van der Waals surface area contributed by atoms with Crippen LogP contribution in [0.3, 0.4) is 0 Å². The maximum Gasteiger partial charge on any atom is 0.313 e. The summed E-state index contributed by atoms with van der Waals surface area (Å²) >= 11 is 0. The number of non-ortho nitro benzene ring substituents is 1. The van der Waals surface area contributed by atoms with E-state index in [9.17, 15) is 10.1 Å². The van der Waals surface area contributed by atoms with Gasteiger partial charge in [-0.1, -0.05) is 32.6 Å². The minimum absolute atomic E-state index is 0.0531. The van der Waals surface area contributed by atoms with Gasteiger partial charge in [0.2, 0.25) is 5.89 Å². The zero-order valence-corrected chi connectivity index (χ0v) is 16.7. The van der Waals surface area contributed by atoms with E-state index < -0.39 is 4.92 Å². The van der Waals surface area contributed by atoms with Crippen LogP contribution in [0.4, 0.5) is 5.69 Å². The van der Waals surface area contributed by atoms with Crippen molar-refractivity contribution in [1.29, 1.82) is 0 Å². The first kappa shape index (κ1) is 20.3. The number of oxazole rings is 1. The summed E-state index contributed by atoms with van der Waals surface area (Å²) in [6.07, 6.45) is 8.25. The van der Waals surface area contributed by atoms with Gasteiger partial charge in [0.1, 0.15) is 0 Å². The molecule has 1 aromatic heterocycles. The van der Waals surface area contributed by atoms with Gasteiger partial charge in [-0.2, -0.15) is 0 Å². The molecule has 3 rings (SSSR count). The van der Waals surface area contributed by atoms with Crippen LogP contribution in [0.25, 0.3) is 11.3 Å². The molecule has 1 aliphatic rings. The number of ether oxygens (including phenoxy) is 1. The molecule has 28 heavy (non-hydrogen) atoms. The van der Waals surface area contributed by atoms with Gasteiger partial charge in [-0.05, 0) is 44.5 Å². The van der Waals surface area contributed by atoms with Crippen molar-refractivity contribution in [1.82, 2.24) is 9.88 Å². The lowest BCUT2D eigenvalue weighted by Gasteiger charge is -2.24. The number of hydrogen-bond acceptors (Lipinski definition) is 6. The topological polar surface area (TPSA) is 81.6 Å². The molecule has 0 spiro atoms. The molecule has 1 aliphatic heterocycles. The van der Waals surface area contributed by atoms with E-state index in [-0.39, 0.29) is 11.7 Å². The summed E-state index contributed by atoms with van der Waals surface area (Å²) in [6, 6.07) is 6.49. The summed E-state index contributed by atoms with van der Waals surface area (Å²) < 4.78 is 11.5. The molecule has 7 heteroatoms. The lowest BCUT2D eigenvalue weighted by molar-refractivity contribution is -0.384. The minimum Gasteiger partial charge on any atom is -0.467 e. The second kappa shape index (κ2) is 9.68. The van der Waals surface area contributed by atoms with Crippen LogP contribution >= 0.6 is 0 Å². The van der Waals surface area contributed by atoms with Gasteiger partial charge in [-0.25, -0.2) is 4.98 Å². The van der Waals surface area contributed by atoms with E-state index in [4.69, 9.17) is 14.1 Å². The second-order valence-electron chi connectivity index (χ2n) is 7.30. The van der Waals surface area contributed by atoms with E-state index in [0.717, 1.165) is 31.5 Å². The molecule has 0 bridgehead atoms. The lowest BCUT2D eigenvalue weighted by Crippen LogP contribution is -2.26. The molecule has 0 aliphatic carbocycles. The van der Waals surface area contributed by atoms with Gasteiger partial charge < -0.3 is 9.15 Å². The summed E-state index contributed by atoms with van der Waals surface area (Å²) in [4.78, 5) is 17.7. The SMILES string of the molecule is CCCCCCC(c1nc(-c2ccc([N+](=O)[O-])cc2)c(OC)o1)N1CCCC1. The van der Waals surface area contributed by atoms with E-state index in [0.29, 0.717) is 17.5 Å². The molecule has 7 nitrogen and oxygen atoms in total. The van der Waals surface area contributed by atoms with Crippen LogP contribution in [0, 0.1) is 10.1 Å². The summed E-state index contributed by atoms with van der Waals surface area (Å²) in [6.45, 7) is 4.35. The molecular weight excluding hydrogens is 358 g/mol. The first-order valence-corrected chi connectivity index (χ1v) is 10.2. The van der Waals surface area contributed by atoms with Crippen LogP contribution in [0.15, 0.2) is 28.7 Å². The third-order valence-electron chi connectivity index (χ3n) is 5.35.